The average molecular weight is 479 g/mol. The number of anilines is 1. The average Bonchev–Trinajstić information content (AvgIpc) is 3.33. The first-order valence-electron chi connectivity index (χ1n) is 12.9. The maximum Gasteiger partial charge on any atom is 0.238 e. The summed E-state index contributed by atoms with van der Waals surface area (Å²) in [7, 11) is 0. The van der Waals surface area contributed by atoms with Gasteiger partial charge in [0.05, 0.1) is 19.7 Å². The van der Waals surface area contributed by atoms with Crippen molar-refractivity contribution in [1.82, 2.24) is 14.7 Å². The zero-order chi connectivity index (χ0) is 24.6. The Morgan fingerprint density at radius 2 is 1.69 bits per heavy atom. The van der Waals surface area contributed by atoms with Gasteiger partial charge in [0.1, 0.15) is 5.75 Å². The fourth-order valence-electron chi connectivity index (χ4n) is 5.12. The van der Waals surface area contributed by atoms with Crippen LogP contribution >= 0.6 is 0 Å². The number of ether oxygens (including phenoxy) is 1. The number of carbonyl (C=O) groups excluding carboxylic acids is 2. The van der Waals surface area contributed by atoms with Crippen LogP contribution in [-0.2, 0) is 16.0 Å². The molecular formula is C28H38N4O3. The first-order chi connectivity index (χ1) is 17.1. The number of benzene rings is 2. The summed E-state index contributed by atoms with van der Waals surface area (Å²) in [6.45, 7) is 9.25. The quantitative estimate of drug-likeness (QED) is 0.597. The number of para-hydroxylation sites is 1. The summed E-state index contributed by atoms with van der Waals surface area (Å²) in [6, 6.07) is 16.5. The lowest BCUT2D eigenvalue weighted by atomic mass is 10.0. The molecule has 0 saturated carbocycles. The molecule has 2 aliphatic heterocycles. The van der Waals surface area contributed by atoms with Crippen LogP contribution in [0.2, 0.25) is 0 Å². The molecule has 2 saturated heterocycles. The molecule has 188 valence electrons. The van der Waals surface area contributed by atoms with E-state index in [1.807, 2.05) is 48.2 Å². The van der Waals surface area contributed by atoms with E-state index < -0.39 is 0 Å². The second-order valence-electron chi connectivity index (χ2n) is 9.35. The highest BCUT2D eigenvalue weighted by Crippen LogP contribution is 2.32. The molecule has 7 heteroatoms. The lowest BCUT2D eigenvalue weighted by Crippen LogP contribution is -2.52. The minimum atomic E-state index is 0.000871. The second kappa shape index (κ2) is 12.2. The summed E-state index contributed by atoms with van der Waals surface area (Å²) in [5.74, 6) is 1.07. The smallest absolute Gasteiger partial charge is 0.238 e. The number of amides is 2. The van der Waals surface area contributed by atoms with Crippen LogP contribution in [0.1, 0.15) is 43.9 Å². The summed E-state index contributed by atoms with van der Waals surface area (Å²) in [5.41, 5.74) is 3.28. The number of nitrogens with zero attached hydrogens (tertiary/aromatic N) is 3. The van der Waals surface area contributed by atoms with Crippen LogP contribution in [0.15, 0.2) is 48.5 Å². The minimum absolute atomic E-state index is 0.000871. The Morgan fingerprint density at radius 1 is 0.943 bits per heavy atom. The van der Waals surface area contributed by atoms with Crippen LogP contribution in [0, 0.1) is 0 Å². The van der Waals surface area contributed by atoms with Crippen molar-refractivity contribution in [1.29, 1.82) is 0 Å². The van der Waals surface area contributed by atoms with Gasteiger partial charge in [0.15, 0.2) is 0 Å². The highest BCUT2D eigenvalue weighted by atomic mass is 16.5. The van der Waals surface area contributed by atoms with Crippen molar-refractivity contribution < 1.29 is 14.3 Å². The number of aryl methyl sites for hydroxylation is 1. The van der Waals surface area contributed by atoms with Crippen LogP contribution in [-0.4, -0.2) is 78.9 Å². The highest BCUT2D eigenvalue weighted by Gasteiger charge is 2.30. The molecule has 2 heterocycles. The third-order valence-electron chi connectivity index (χ3n) is 7.04. The summed E-state index contributed by atoms with van der Waals surface area (Å²) in [6.07, 6.45) is 3.06. The SMILES string of the molecule is CCOc1ccc(C2CCCN2CC(=O)N2CCN(CC(=O)Nc3ccccc3CC)CC2)cc1. The summed E-state index contributed by atoms with van der Waals surface area (Å²) < 4.78 is 5.56. The van der Waals surface area contributed by atoms with Crippen LogP contribution in [0.3, 0.4) is 0 Å². The van der Waals surface area contributed by atoms with Gasteiger partial charge in [-0.05, 0) is 62.1 Å². The van der Waals surface area contributed by atoms with Crippen LogP contribution in [0.5, 0.6) is 5.75 Å². The normalized spacial score (nSPS) is 19.0. The van der Waals surface area contributed by atoms with Gasteiger partial charge in [-0.25, -0.2) is 0 Å². The lowest BCUT2D eigenvalue weighted by Gasteiger charge is -2.35. The van der Waals surface area contributed by atoms with E-state index in [-0.39, 0.29) is 17.9 Å². The Balaban J connectivity index is 1.24. The van der Waals surface area contributed by atoms with Crippen LogP contribution < -0.4 is 10.1 Å². The topological polar surface area (TPSA) is 65.1 Å². The zero-order valence-electron chi connectivity index (χ0n) is 21.0. The fourth-order valence-corrected chi connectivity index (χ4v) is 5.12. The van der Waals surface area contributed by atoms with Crippen molar-refractivity contribution in [3.63, 3.8) is 0 Å². The van der Waals surface area contributed by atoms with Gasteiger partial charge >= 0.3 is 0 Å². The van der Waals surface area contributed by atoms with Gasteiger partial charge in [-0.3, -0.25) is 19.4 Å². The summed E-state index contributed by atoms with van der Waals surface area (Å²) in [4.78, 5) is 32.0. The standard InChI is InChI=1S/C28H38N4O3/c1-3-22-8-5-6-9-25(22)29-27(33)20-30-16-18-31(19-17-30)28(34)21-32-15-7-10-26(32)23-11-13-24(14-12-23)35-4-2/h5-6,8-9,11-14,26H,3-4,7,10,15-21H2,1-2H3,(H,29,33). The third-order valence-corrected chi connectivity index (χ3v) is 7.04. The van der Waals surface area contributed by atoms with Gasteiger partial charge < -0.3 is 15.0 Å². The van der Waals surface area contributed by atoms with Gasteiger partial charge in [0.25, 0.3) is 0 Å². The molecular weight excluding hydrogens is 440 g/mol. The van der Waals surface area contributed by atoms with E-state index in [0.29, 0.717) is 32.8 Å². The molecule has 0 spiro atoms. The number of rotatable bonds is 9. The number of hydrogen-bond donors (Lipinski definition) is 1. The van der Waals surface area contributed by atoms with Gasteiger partial charge in [0.2, 0.25) is 11.8 Å². The number of piperazine rings is 1. The molecule has 2 fully saturated rings. The van der Waals surface area contributed by atoms with Crippen molar-refractivity contribution >= 4 is 17.5 Å². The van der Waals surface area contributed by atoms with E-state index in [0.717, 1.165) is 55.9 Å². The lowest BCUT2D eigenvalue weighted by molar-refractivity contribution is -0.134. The molecule has 1 N–H and O–H groups in total. The predicted octanol–water partition coefficient (Wildman–Crippen LogP) is 3.57. The molecule has 7 nitrogen and oxygen atoms in total. The molecule has 1 atom stereocenters. The van der Waals surface area contributed by atoms with E-state index >= 15 is 0 Å². The molecule has 0 radical (unpaired) electrons. The minimum Gasteiger partial charge on any atom is -0.494 e. The summed E-state index contributed by atoms with van der Waals surface area (Å²) >= 11 is 0. The molecule has 2 amide bonds. The Morgan fingerprint density at radius 3 is 2.40 bits per heavy atom. The Bertz CT molecular complexity index is 986. The third kappa shape index (κ3) is 6.61. The van der Waals surface area contributed by atoms with Crippen LogP contribution in [0.25, 0.3) is 0 Å². The van der Waals surface area contributed by atoms with E-state index in [1.165, 1.54) is 5.56 Å². The molecule has 0 aromatic heterocycles. The highest BCUT2D eigenvalue weighted by molar-refractivity contribution is 5.93. The maximum atomic E-state index is 13.1. The number of hydrogen-bond acceptors (Lipinski definition) is 5. The van der Waals surface area contributed by atoms with Gasteiger partial charge in [-0.2, -0.15) is 0 Å². The Hall–Kier alpha value is -2.90. The summed E-state index contributed by atoms with van der Waals surface area (Å²) in [5, 5.41) is 3.05. The number of nitrogens with one attached hydrogen (secondary N) is 1. The van der Waals surface area contributed by atoms with Gasteiger partial charge in [-0.15, -0.1) is 0 Å². The monoisotopic (exact) mass is 478 g/mol. The molecule has 1 unspecified atom stereocenters. The molecule has 4 rings (SSSR count). The first-order valence-corrected chi connectivity index (χ1v) is 12.9. The Kier molecular flexibility index (Phi) is 8.77. The largest absolute Gasteiger partial charge is 0.494 e. The molecule has 2 aliphatic rings. The molecule has 0 aliphatic carbocycles. The Labute approximate surface area is 209 Å². The van der Waals surface area contributed by atoms with Crippen molar-refractivity contribution in [2.75, 3.05) is 57.7 Å². The zero-order valence-corrected chi connectivity index (χ0v) is 21.0. The van der Waals surface area contributed by atoms with E-state index in [9.17, 15) is 9.59 Å². The number of carbonyl (C=O) groups is 2. The van der Waals surface area contributed by atoms with Crippen molar-refractivity contribution in [2.24, 2.45) is 0 Å². The van der Waals surface area contributed by atoms with Crippen molar-refractivity contribution in [3.8, 4) is 5.75 Å². The van der Waals surface area contributed by atoms with E-state index in [1.54, 1.807) is 0 Å². The molecule has 35 heavy (non-hydrogen) atoms. The molecule has 2 aromatic carbocycles. The predicted molar refractivity (Wildman–Crippen MR) is 139 cm³/mol. The van der Waals surface area contributed by atoms with Gasteiger partial charge in [0, 0.05) is 37.9 Å². The number of likely N-dealkylation sites (tertiary alicyclic amines) is 1. The van der Waals surface area contributed by atoms with Gasteiger partial charge in [-0.1, -0.05) is 37.3 Å². The fraction of sp³-hybridized carbons (Fsp3) is 0.500. The first kappa shape index (κ1) is 25.2. The van der Waals surface area contributed by atoms with Crippen molar-refractivity contribution in [3.05, 3.63) is 59.7 Å². The van der Waals surface area contributed by atoms with Crippen molar-refractivity contribution in [2.45, 2.75) is 39.2 Å². The van der Waals surface area contributed by atoms with E-state index in [4.69, 9.17) is 4.74 Å². The molecule has 2 aromatic rings. The second-order valence-corrected chi connectivity index (χ2v) is 9.35. The van der Waals surface area contributed by atoms with E-state index in [2.05, 4.69) is 34.2 Å². The van der Waals surface area contributed by atoms with Crippen LogP contribution in [0.4, 0.5) is 5.69 Å². The maximum absolute atomic E-state index is 13.1. The molecule has 0 bridgehead atoms.